The summed E-state index contributed by atoms with van der Waals surface area (Å²) in [6, 6.07) is 2.99. The molecule has 82 valence electrons. The van der Waals surface area contributed by atoms with Crippen LogP contribution in [0.5, 0.6) is 0 Å². The average Bonchev–Trinajstić information content (AvgIpc) is 2.18. The molecule has 15 heavy (non-hydrogen) atoms. The highest BCUT2D eigenvalue weighted by Gasteiger charge is 2.12. The van der Waals surface area contributed by atoms with Crippen LogP contribution < -0.4 is 0 Å². The molecule has 0 fully saturated rings. The van der Waals surface area contributed by atoms with Crippen LogP contribution in [0.4, 0.5) is 5.69 Å². The molecule has 1 aromatic heterocycles. The Labute approximate surface area is 91.7 Å². The van der Waals surface area contributed by atoms with Gasteiger partial charge in [0.25, 0.3) is 5.69 Å². The van der Waals surface area contributed by atoms with E-state index < -0.39 is 11.0 Å². The van der Waals surface area contributed by atoms with Crippen molar-refractivity contribution in [2.24, 2.45) is 0 Å². The number of aromatic nitrogens is 1. The van der Waals surface area contributed by atoms with Crippen molar-refractivity contribution < 1.29 is 10.0 Å². The van der Waals surface area contributed by atoms with E-state index in [1.807, 2.05) is 6.92 Å². The van der Waals surface area contributed by atoms with Gasteiger partial charge in [0.05, 0.1) is 16.1 Å². The number of rotatable bonds is 4. The average molecular weight is 228 g/mol. The number of hydrogen-bond acceptors (Lipinski definition) is 5. The highest BCUT2D eigenvalue weighted by molar-refractivity contribution is 7.99. The van der Waals surface area contributed by atoms with Crippen LogP contribution in [-0.2, 0) is 0 Å². The Hall–Kier alpha value is -1.14. The highest BCUT2D eigenvalue weighted by Crippen LogP contribution is 2.24. The second-order valence-corrected chi connectivity index (χ2v) is 4.57. The predicted octanol–water partition coefficient (Wildman–Crippen LogP) is 1.85. The summed E-state index contributed by atoms with van der Waals surface area (Å²) in [7, 11) is 0. The van der Waals surface area contributed by atoms with E-state index in [1.165, 1.54) is 24.0 Å². The van der Waals surface area contributed by atoms with Gasteiger partial charge in [0.2, 0.25) is 0 Å². The van der Waals surface area contributed by atoms with Crippen molar-refractivity contribution in [1.82, 2.24) is 4.98 Å². The van der Waals surface area contributed by atoms with E-state index >= 15 is 0 Å². The summed E-state index contributed by atoms with van der Waals surface area (Å²) in [6.45, 7) is 3.57. The SMILES string of the molecule is CC(Sc1ccc([N+](=O)[O-])cn1)[C@@H](C)O. The normalized spacial score (nSPS) is 14.6. The van der Waals surface area contributed by atoms with Crippen molar-refractivity contribution in [2.45, 2.75) is 30.2 Å². The molecule has 1 aromatic rings. The fourth-order valence-corrected chi connectivity index (χ4v) is 1.68. The summed E-state index contributed by atoms with van der Waals surface area (Å²) in [4.78, 5) is 13.8. The van der Waals surface area contributed by atoms with Crippen LogP contribution >= 0.6 is 11.8 Å². The maximum absolute atomic E-state index is 10.4. The van der Waals surface area contributed by atoms with Crippen LogP contribution in [0.3, 0.4) is 0 Å². The molecule has 2 atom stereocenters. The molecule has 0 bridgehead atoms. The lowest BCUT2D eigenvalue weighted by Gasteiger charge is -2.12. The Morgan fingerprint density at radius 2 is 2.20 bits per heavy atom. The first-order valence-electron chi connectivity index (χ1n) is 4.46. The van der Waals surface area contributed by atoms with E-state index in [9.17, 15) is 15.2 Å². The molecule has 0 aliphatic rings. The highest BCUT2D eigenvalue weighted by atomic mass is 32.2. The van der Waals surface area contributed by atoms with Crippen LogP contribution in [-0.4, -0.2) is 26.4 Å². The summed E-state index contributed by atoms with van der Waals surface area (Å²) in [5.74, 6) is 0. The molecule has 0 amide bonds. The largest absolute Gasteiger partial charge is 0.392 e. The second kappa shape index (κ2) is 5.09. The lowest BCUT2D eigenvalue weighted by Crippen LogP contribution is -2.15. The van der Waals surface area contributed by atoms with E-state index in [0.29, 0.717) is 5.03 Å². The van der Waals surface area contributed by atoms with Gasteiger partial charge in [0.15, 0.2) is 0 Å². The zero-order valence-electron chi connectivity index (χ0n) is 8.45. The van der Waals surface area contributed by atoms with Gasteiger partial charge >= 0.3 is 0 Å². The van der Waals surface area contributed by atoms with Crippen molar-refractivity contribution in [3.63, 3.8) is 0 Å². The lowest BCUT2D eigenvalue weighted by molar-refractivity contribution is -0.385. The van der Waals surface area contributed by atoms with E-state index in [0.717, 1.165) is 0 Å². The number of pyridine rings is 1. The van der Waals surface area contributed by atoms with Gasteiger partial charge in [-0.1, -0.05) is 6.92 Å². The topological polar surface area (TPSA) is 76.3 Å². The van der Waals surface area contributed by atoms with Crippen molar-refractivity contribution >= 4 is 17.4 Å². The van der Waals surface area contributed by atoms with E-state index in [4.69, 9.17) is 0 Å². The Balaban J connectivity index is 2.68. The van der Waals surface area contributed by atoms with Gasteiger partial charge in [-0.05, 0) is 13.0 Å². The fourth-order valence-electron chi connectivity index (χ4n) is 0.839. The zero-order chi connectivity index (χ0) is 11.4. The summed E-state index contributed by atoms with van der Waals surface area (Å²) in [5, 5.41) is 20.3. The first kappa shape index (κ1) is 11.9. The van der Waals surface area contributed by atoms with Crippen molar-refractivity contribution in [3.8, 4) is 0 Å². The van der Waals surface area contributed by atoms with Gasteiger partial charge < -0.3 is 5.11 Å². The number of aliphatic hydroxyl groups is 1. The van der Waals surface area contributed by atoms with E-state index in [2.05, 4.69) is 4.98 Å². The summed E-state index contributed by atoms with van der Waals surface area (Å²) in [5.41, 5.74) is -0.0240. The molecular weight excluding hydrogens is 216 g/mol. The minimum Gasteiger partial charge on any atom is -0.392 e. The maximum Gasteiger partial charge on any atom is 0.287 e. The second-order valence-electron chi connectivity index (χ2n) is 3.18. The fraction of sp³-hybridized carbons (Fsp3) is 0.444. The van der Waals surface area contributed by atoms with Crippen LogP contribution in [0.2, 0.25) is 0 Å². The molecule has 0 aromatic carbocycles. The molecule has 5 nitrogen and oxygen atoms in total. The monoisotopic (exact) mass is 228 g/mol. The summed E-state index contributed by atoms with van der Waals surface area (Å²) < 4.78 is 0. The first-order chi connectivity index (χ1) is 7.00. The van der Waals surface area contributed by atoms with Crippen molar-refractivity contribution in [3.05, 3.63) is 28.4 Å². The van der Waals surface area contributed by atoms with Crippen LogP contribution in [0.25, 0.3) is 0 Å². The Bertz CT molecular complexity index is 340. The molecule has 1 rings (SSSR count). The minimum atomic E-state index is -0.487. The molecular formula is C9H12N2O3S. The van der Waals surface area contributed by atoms with Crippen molar-refractivity contribution in [1.29, 1.82) is 0 Å². The number of nitrogens with zero attached hydrogens (tertiary/aromatic N) is 2. The number of thioether (sulfide) groups is 1. The van der Waals surface area contributed by atoms with Crippen LogP contribution in [0.15, 0.2) is 23.4 Å². The molecule has 1 unspecified atom stereocenters. The van der Waals surface area contributed by atoms with E-state index in [-0.39, 0.29) is 10.9 Å². The van der Waals surface area contributed by atoms with Gasteiger partial charge in [-0.15, -0.1) is 11.8 Å². The number of aliphatic hydroxyl groups excluding tert-OH is 1. The molecule has 0 aliphatic carbocycles. The van der Waals surface area contributed by atoms with Crippen molar-refractivity contribution in [2.75, 3.05) is 0 Å². The predicted molar refractivity (Wildman–Crippen MR) is 57.9 cm³/mol. The van der Waals surface area contributed by atoms with Gasteiger partial charge in [-0.3, -0.25) is 10.1 Å². The van der Waals surface area contributed by atoms with Gasteiger partial charge in [-0.2, -0.15) is 0 Å². The van der Waals surface area contributed by atoms with Gasteiger partial charge in [0, 0.05) is 11.3 Å². The molecule has 0 aliphatic heterocycles. The third-order valence-electron chi connectivity index (χ3n) is 1.92. The lowest BCUT2D eigenvalue weighted by atomic mass is 10.3. The molecule has 0 saturated carbocycles. The Kier molecular flexibility index (Phi) is 4.05. The maximum atomic E-state index is 10.4. The Morgan fingerprint density at radius 3 is 2.60 bits per heavy atom. The minimum absolute atomic E-state index is 0.0129. The summed E-state index contributed by atoms with van der Waals surface area (Å²) >= 11 is 1.39. The third-order valence-corrected chi connectivity index (χ3v) is 3.17. The summed E-state index contributed by atoms with van der Waals surface area (Å²) in [6.07, 6.45) is 0.781. The van der Waals surface area contributed by atoms with Crippen LogP contribution in [0.1, 0.15) is 13.8 Å². The number of nitro groups is 1. The van der Waals surface area contributed by atoms with Gasteiger partial charge in [0.1, 0.15) is 6.20 Å². The molecule has 1 N–H and O–H groups in total. The third kappa shape index (κ3) is 3.49. The number of hydrogen-bond donors (Lipinski definition) is 1. The molecule has 0 spiro atoms. The van der Waals surface area contributed by atoms with Crippen LogP contribution in [0, 0.1) is 10.1 Å². The first-order valence-corrected chi connectivity index (χ1v) is 5.34. The van der Waals surface area contributed by atoms with Gasteiger partial charge in [-0.25, -0.2) is 4.98 Å². The smallest absolute Gasteiger partial charge is 0.287 e. The Morgan fingerprint density at radius 1 is 1.53 bits per heavy atom. The van der Waals surface area contributed by atoms with E-state index in [1.54, 1.807) is 13.0 Å². The molecule has 0 saturated heterocycles. The zero-order valence-corrected chi connectivity index (χ0v) is 9.27. The standard InChI is InChI=1S/C9H12N2O3S/c1-6(12)7(2)15-9-4-3-8(5-10-9)11(13)14/h3-7,12H,1-2H3/t6-,7?/m1/s1. The quantitative estimate of drug-likeness (QED) is 0.483. The molecule has 0 radical (unpaired) electrons. The molecule has 1 heterocycles. The molecule has 6 heteroatoms.